The van der Waals surface area contributed by atoms with Gasteiger partial charge in [0.15, 0.2) is 0 Å². The number of carbonyl (C=O) groups excluding carboxylic acids is 1. The number of hydrogen-bond donors (Lipinski definition) is 1. The average molecular weight is 395 g/mol. The predicted octanol–water partition coefficient (Wildman–Crippen LogP) is 2.14. The maximum Gasteiger partial charge on any atom is 0.222 e. The van der Waals surface area contributed by atoms with Crippen molar-refractivity contribution in [2.24, 2.45) is 11.8 Å². The number of nitrogens with zero attached hydrogens (tertiary/aromatic N) is 4. The molecule has 0 saturated carbocycles. The van der Waals surface area contributed by atoms with Crippen molar-refractivity contribution >= 4 is 5.91 Å². The minimum atomic E-state index is -0.478. The molecule has 3 heterocycles. The molecule has 6 nitrogen and oxygen atoms in total. The van der Waals surface area contributed by atoms with Crippen molar-refractivity contribution in [2.75, 3.05) is 26.2 Å². The van der Waals surface area contributed by atoms with E-state index < -0.39 is 6.10 Å². The van der Waals surface area contributed by atoms with Gasteiger partial charge in [-0.3, -0.25) is 19.7 Å². The Hall–Kier alpha value is -2.31. The highest BCUT2D eigenvalue weighted by Crippen LogP contribution is 2.26. The van der Waals surface area contributed by atoms with Crippen LogP contribution in [0.25, 0.3) is 0 Å². The molecule has 1 N–H and O–H groups in total. The van der Waals surface area contributed by atoms with E-state index in [0.717, 1.165) is 38.2 Å². The van der Waals surface area contributed by atoms with E-state index in [9.17, 15) is 9.90 Å². The topological polar surface area (TPSA) is 69.6 Å². The number of rotatable bonds is 6. The Bertz CT molecular complexity index is 778. The van der Waals surface area contributed by atoms with Crippen molar-refractivity contribution in [3.63, 3.8) is 0 Å². The third-order valence-electron chi connectivity index (χ3n) is 6.27. The number of benzene rings is 1. The van der Waals surface area contributed by atoms with Gasteiger partial charge >= 0.3 is 0 Å². The van der Waals surface area contributed by atoms with Crippen LogP contribution in [-0.4, -0.2) is 63.1 Å². The van der Waals surface area contributed by atoms with Crippen molar-refractivity contribution < 1.29 is 9.90 Å². The van der Waals surface area contributed by atoms with Gasteiger partial charge in [-0.25, -0.2) is 0 Å². The number of carbonyl (C=O) groups is 1. The fourth-order valence-corrected chi connectivity index (χ4v) is 4.53. The highest BCUT2D eigenvalue weighted by molar-refractivity contribution is 5.76. The van der Waals surface area contributed by atoms with Crippen LogP contribution in [0.4, 0.5) is 0 Å². The van der Waals surface area contributed by atoms with Gasteiger partial charge in [0.2, 0.25) is 5.91 Å². The SMILES string of the molecule is O=C(CC1CCN(Cc2ccccc2)CC1)N1C[C@@H](Cc2cnccn2)[C@H](O)C1. The van der Waals surface area contributed by atoms with Crippen molar-refractivity contribution in [1.82, 2.24) is 19.8 Å². The lowest BCUT2D eigenvalue weighted by Crippen LogP contribution is -2.36. The first-order valence-electron chi connectivity index (χ1n) is 10.6. The Labute approximate surface area is 172 Å². The predicted molar refractivity (Wildman–Crippen MR) is 111 cm³/mol. The second-order valence-electron chi connectivity index (χ2n) is 8.44. The molecular formula is C23H30N4O2. The molecule has 0 radical (unpaired) electrons. The first-order valence-corrected chi connectivity index (χ1v) is 10.6. The fraction of sp³-hybridized carbons (Fsp3) is 0.522. The van der Waals surface area contributed by atoms with Crippen LogP contribution in [0.15, 0.2) is 48.9 Å². The van der Waals surface area contributed by atoms with Gasteiger partial charge in [0.05, 0.1) is 11.8 Å². The summed E-state index contributed by atoms with van der Waals surface area (Å²) in [5, 5.41) is 10.4. The molecule has 2 saturated heterocycles. The van der Waals surface area contributed by atoms with Crippen LogP contribution in [0.1, 0.15) is 30.5 Å². The number of β-amino-alcohol motifs (C(OH)–C–C–N with tert-alkyl or cyclic N) is 1. The van der Waals surface area contributed by atoms with Gasteiger partial charge in [-0.05, 0) is 43.8 Å². The monoisotopic (exact) mass is 394 g/mol. The number of piperidine rings is 1. The molecule has 0 bridgehead atoms. The largest absolute Gasteiger partial charge is 0.391 e. The molecule has 2 aromatic rings. The molecule has 4 rings (SSSR count). The third-order valence-corrected chi connectivity index (χ3v) is 6.27. The fourth-order valence-electron chi connectivity index (χ4n) is 4.53. The molecule has 0 unspecified atom stereocenters. The molecule has 2 aliphatic rings. The number of likely N-dealkylation sites (tertiary alicyclic amines) is 2. The lowest BCUT2D eigenvalue weighted by Gasteiger charge is -2.32. The minimum absolute atomic E-state index is 0.0448. The van der Waals surface area contributed by atoms with Crippen LogP contribution in [0.3, 0.4) is 0 Å². The van der Waals surface area contributed by atoms with E-state index in [1.165, 1.54) is 5.56 Å². The zero-order chi connectivity index (χ0) is 20.1. The standard InChI is InChI=1S/C23H30N4O2/c28-22-17-27(16-20(22)13-21-14-24-8-9-25-21)23(29)12-18-6-10-26(11-7-18)15-19-4-2-1-3-5-19/h1-5,8-9,14,18,20,22,28H,6-7,10-13,15-17H2/t20-,22-/m1/s1. The molecule has 1 aromatic carbocycles. The van der Waals surface area contributed by atoms with Crippen molar-refractivity contribution in [3.8, 4) is 0 Å². The summed E-state index contributed by atoms with van der Waals surface area (Å²) in [6, 6.07) is 10.6. The Kier molecular flexibility index (Phi) is 6.52. The molecule has 1 amide bonds. The van der Waals surface area contributed by atoms with Crippen LogP contribution in [0.5, 0.6) is 0 Å². The molecule has 2 atom stereocenters. The van der Waals surface area contributed by atoms with Crippen LogP contribution >= 0.6 is 0 Å². The normalized spacial score (nSPS) is 23.4. The van der Waals surface area contributed by atoms with Gasteiger partial charge < -0.3 is 10.0 Å². The van der Waals surface area contributed by atoms with Gasteiger partial charge in [0.25, 0.3) is 0 Å². The quantitative estimate of drug-likeness (QED) is 0.813. The lowest BCUT2D eigenvalue weighted by molar-refractivity contribution is -0.132. The van der Waals surface area contributed by atoms with E-state index in [4.69, 9.17) is 0 Å². The van der Waals surface area contributed by atoms with Gasteiger partial charge in [-0.1, -0.05) is 30.3 Å². The zero-order valence-electron chi connectivity index (χ0n) is 16.9. The van der Waals surface area contributed by atoms with Crippen LogP contribution in [0, 0.1) is 11.8 Å². The lowest BCUT2D eigenvalue weighted by atomic mass is 9.92. The van der Waals surface area contributed by atoms with E-state index >= 15 is 0 Å². The summed E-state index contributed by atoms with van der Waals surface area (Å²) in [6.07, 6.45) is 7.98. The molecule has 6 heteroatoms. The maximum atomic E-state index is 12.8. The van der Waals surface area contributed by atoms with E-state index in [1.807, 2.05) is 4.90 Å². The summed E-state index contributed by atoms with van der Waals surface area (Å²) in [6.45, 7) is 4.14. The maximum absolute atomic E-state index is 12.8. The summed E-state index contributed by atoms with van der Waals surface area (Å²) in [5.41, 5.74) is 2.22. The molecule has 1 aromatic heterocycles. The number of amides is 1. The Morgan fingerprint density at radius 3 is 2.62 bits per heavy atom. The van der Waals surface area contributed by atoms with Crippen LogP contribution in [-0.2, 0) is 17.8 Å². The van der Waals surface area contributed by atoms with E-state index in [0.29, 0.717) is 31.8 Å². The van der Waals surface area contributed by atoms with Crippen LogP contribution < -0.4 is 0 Å². The molecule has 29 heavy (non-hydrogen) atoms. The van der Waals surface area contributed by atoms with Crippen molar-refractivity contribution in [1.29, 1.82) is 0 Å². The summed E-state index contributed by atoms with van der Waals surface area (Å²) in [4.78, 5) is 25.5. The number of aromatic nitrogens is 2. The molecule has 2 fully saturated rings. The molecule has 2 aliphatic heterocycles. The minimum Gasteiger partial charge on any atom is -0.391 e. The van der Waals surface area contributed by atoms with Crippen molar-refractivity contribution in [2.45, 2.75) is 38.3 Å². The zero-order valence-corrected chi connectivity index (χ0v) is 16.9. The summed E-state index contributed by atoms with van der Waals surface area (Å²) < 4.78 is 0. The summed E-state index contributed by atoms with van der Waals surface area (Å²) in [7, 11) is 0. The number of aliphatic hydroxyl groups is 1. The first-order chi connectivity index (χ1) is 14.2. The number of hydrogen-bond acceptors (Lipinski definition) is 5. The van der Waals surface area contributed by atoms with Gasteiger partial charge in [-0.15, -0.1) is 0 Å². The summed E-state index contributed by atoms with van der Waals surface area (Å²) in [5.74, 6) is 0.682. The molecule has 154 valence electrons. The summed E-state index contributed by atoms with van der Waals surface area (Å²) >= 11 is 0. The van der Waals surface area contributed by atoms with Gasteiger partial charge in [0, 0.05) is 50.6 Å². The second kappa shape index (κ2) is 9.46. The Morgan fingerprint density at radius 2 is 1.90 bits per heavy atom. The first kappa shape index (κ1) is 20.0. The van der Waals surface area contributed by atoms with E-state index in [1.54, 1.807) is 18.6 Å². The second-order valence-corrected chi connectivity index (χ2v) is 8.44. The van der Waals surface area contributed by atoms with Gasteiger partial charge in [0.1, 0.15) is 0 Å². The highest BCUT2D eigenvalue weighted by atomic mass is 16.3. The van der Waals surface area contributed by atoms with Crippen LogP contribution in [0.2, 0.25) is 0 Å². The van der Waals surface area contributed by atoms with Crippen molar-refractivity contribution in [3.05, 3.63) is 60.2 Å². The Balaban J connectivity index is 1.22. The Morgan fingerprint density at radius 1 is 1.10 bits per heavy atom. The van der Waals surface area contributed by atoms with Gasteiger partial charge in [-0.2, -0.15) is 0 Å². The third kappa shape index (κ3) is 5.40. The molecule has 0 aliphatic carbocycles. The highest BCUT2D eigenvalue weighted by Gasteiger charge is 2.35. The average Bonchev–Trinajstić information content (AvgIpc) is 3.11. The van der Waals surface area contributed by atoms with E-state index in [-0.39, 0.29) is 11.8 Å². The smallest absolute Gasteiger partial charge is 0.222 e. The molecular weight excluding hydrogens is 364 g/mol. The number of aliphatic hydroxyl groups excluding tert-OH is 1. The molecule has 0 spiro atoms. The van der Waals surface area contributed by atoms with E-state index in [2.05, 4.69) is 45.2 Å².